The number of fused-ring (bicyclic) bond motifs is 1. The largest absolute Gasteiger partial charge is 0.464 e. The molecule has 1 aromatic carbocycles. The van der Waals surface area contributed by atoms with Gasteiger partial charge in [-0.15, -0.1) is 0 Å². The van der Waals surface area contributed by atoms with E-state index >= 15 is 0 Å². The van der Waals surface area contributed by atoms with E-state index in [9.17, 15) is 4.79 Å². The average molecular weight is 271 g/mol. The summed E-state index contributed by atoms with van der Waals surface area (Å²) < 4.78 is 5.47. The summed E-state index contributed by atoms with van der Waals surface area (Å²) in [5, 5.41) is 0.701. The topological polar surface area (TPSA) is 33.5 Å². The van der Waals surface area contributed by atoms with Crippen molar-refractivity contribution in [1.29, 1.82) is 0 Å². The summed E-state index contributed by atoms with van der Waals surface area (Å²) >= 11 is 0. The summed E-state index contributed by atoms with van der Waals surface area (Å²) in [4.78, 5) is 14.4. The molecule has 3 nitrogen and oxygen atoms in total. The Labute approximate surface area is 119 Å². The maximum Gasteiger partial charge on any atom is 0.192 e. The molecular weight excluding hydrogens is 250 g/mol. The van der Waals surface area contributed by atoms with Gasteiger partial charge in [0.25, 0.3) is 0 Å². The number of aryl methyl sites for hydroxylation is 1. The van der Waals surface area contributed by atoms with Gasteiger partial charge in [-0.1, -0.05) is 13.0 Å². The Balaban J connectivity index is 1.92. The molecule has 0 radical (unpaired) electrons. The van der Waals surface area contributed by atoms with E-state index in [2.05, 4.69) is 17.9 Å². The van der Waals surface area contributed by atoms with Crippen LogP contribution in [-0.4, -0.2) is 18.0 Å². The molecule has 1 aliphatic heterocycles. The monoisotopic (exact) mass is 271 g/mol. The van der Waals surface area contributed by atoms with Gasteiger partial charge in [-0.2, -0.15) is 0 Å². The molecule has 1 atom stereocenters. The minimum absolute atomic E-state index is 0.0446. The number of likely N-dealkylation sites (tertiary alicyclic amines) is 1. The minimum atomic E-state index is 0.0446. The van der Waals surface area contributed by atoms with Crippen molar-refractivity contribution >= 4 is 11.0 Å². The Morgan fingerprint density at radius 1 is 1.40 bits per heavy atom. The Hall–Kier alpha value is -1.61. The number of nitrogens with zero attached hydrogens (tertiary/aromatic N) is 1. The highest BCUT2D eigenvalue weighted by Crippen LogP contribution is 2.21. The van der Waals surface area contributed by atoms with E-state index in [0.717, 1.165) is 31.1 Å². The summed E-state index contributed by atoms with van der Waals surface area (Å²) in [6, 6.07) is 5.63. The van der Waals surface area contributed by atoms with Crippen molar-refractivity contribution in [1.82, 2.24) is 4.90 Å². The summed E-state index contributed by atoms with van der Waals surface area (Å²) in [6.07, 6.45) is 4.08. The van der Waals surface area contributed by atoms with Crippen molar-refractivity contribution in [3.63, 3.8) is 0 Å². The molecule has 1 aromatic heterocycles. The highest BCUT2D eigenvalue weighted by molar-refractivity contribution is 5.80. The zero-order chi connectivity index (χ0) is 14.1. The molecule has 0 bridgehead atoms. The highest BCUT2D eigenvalue weighted by Gasteiger charge is 2.17. The van der Waals surface area contributed by atoms with E-state index in [-0.39, 0.29) is 5.43 Å². The van der Waals surface area contributed by atoms with E-state index in [1.54, 1.807) is 0 Å². The number of hydrogen-bond acceptors (Lipinski definition) is 3. The number of hydrogen-bond donors (Lipinski definition) is 0. The lowest BCUT2D eigenvalue weighted by molar-refractivity contribution is 0.176. The van der Waals surface area contributed by atoms with Crippen molar-refractivity contribution in [3.05, 3.63) is 45.8 Å². The third-order valence-corrected chi connectivity index (χ3v) is 4.15. The first-order valence-electron chi connectivity index (χ1n) is 7.37. The summed E-state index contributed by atoms with van der Waals surface area (Å²) in [5.74, 6) is 0.773. The molecule has 1 fully saturated rings. The van der Waals surface area contributed by atoms with Crippen molar-refractivity contribution in [2.45, 2.75) is 33.2 Å². The summed E-state index contributed by atoms with van der Waals surface area (Å²) in [7, 11) is 0. The van der Waals surface area contributed by atoms with Gasteiger partial charge < -0.3 is 4.42 Å². The quantitative estimate of drug-likeness (QED) is 0.840. The third kappa shape index (κ3) is 2.63. The first kappa shape index (κ1) is 13.4. The van der Waals surface area contributed by atoms with E-state index in [1.807, 2.05) is 13.0 Å². The van der Waals surface area contributed by atoms with Crippen LogP contribution < -0.4 is 5.43 Å². The van der Waals surface area contributed by atoms with Gasteiger partial charge in [0.05, 0.1) is 11.6 Å². The molecule has 2 heterocycles. The number of rotatable bonds is 2. The molecule has 0 spiro atoms. The Bertz CT molecular complexity index is 674. The van der Waals surface area contributed by atoms with E-state index in [0.29, 0.717) is 11.0 Å². The summed E-state index contributed by atoms with van der Waals surface area (Å²) in [6.45, 7) is 7.56. The second kappa shape index (κ2) is 5.41. The Morgan fingerprint density at radius 2 is 2.25 bits per heavy atom. The van der Waals surface area contributed by atoms with Gasteiger partial charge >= 0.3 is 0 Å². The van der Waals surface area contributed by atoms with Gasteiger partial charge in [-0.3, -0.25) is 9.69 Å². The van der Waals surface area contributed by atoms with Crippen LogP contribution in [0.1, 0.15) is 30.9 Å². The second-order valence-corrected chi connectivity index (χ2v) is 6.06. The molecule has 106 valence electrons. The second-order valence-electron chi connectivity index (χ2n) is 6.06. The molecule has 3 rings (SSSR count). The van der Waals surface area contributed by atoms with Gasteiger partial charge in [0.2, 0.25) is 0 Å². The van der Waals surface area contributed by atoms with Crippen molar-refractivity contribution < 1.29 is 4.42 Å². The van der Waals surface area contributed by atoms with Crippen LogP contribution in [0.15, 0.2) is 33.7 Å². The average Bonchev–Trinajstić information content (AvgIpc) is 2.40. The maximum atomic E-state index is 12.0. The fourth-order valence-corrected chi connectivity index (χ4v) is 3.22. The van der Waals surface area contributed by atoms with Crippen LogP contribution in [0.25, 0.3) is 11.0 Å². The predicted octanol–water partition coefficient (Wildman–Crippen LogP) is 3.33. The Kier molecular flexibility index (Phi) is 3.62. The van der Waals surface area contributed by atoms with E-state index in [1.165, 1.54) is 30.7 Å². The highest BCUT2D eigenvalue weighted by atomic mass is 16.3. The lowest BCUT2D eigenvalue weighted by Crippen LogP contribution is -2.33. The maximum absolute atomic E-state index is 12.0. The van der Waals surface area contributed by atoms with Crippen molar-refractivity contribution in [2.75, 3.05) is 13.1 Å². The van der Waals surface area contributed by atoms with Crippen LogP contribution in [0.2, 0.25) is 0 Å². The number of benzene rings is 1. The van der Waals surface area contributed by atoms with Crippen LogP contribution in [0, 0.1) is 12.8 Å². The van der Waals surface area contributed by atoms with Crippen LogP contribution in [-0.2, 0) is 6.54 Å². The molecule has 20 heavy (non-hydrogen) atoms. The zero-order valence-electron chi connectivity index (χ0n) is 12.2. The molecule has 0 N–H and O–H groups in total. The fraction of sp³-hybridized carbons (Fsp3) is 0.471. The molecule has 0 aliphatic carbocycles. The van der Waals surface area contributed by atoms with Crippen LogP contribution >= 0.6 is 0 Å². The SMILES string of the molecule is Cc1cc(CN2CCCC(C)C2)cc2c(=O)ccoc12. The summed E-state index contributed by atoms with van der Waals surface area (Å²) in [5.41, 5.74) is 3.01. The fourth-order valence-electron chi connectivity index (χ4n) is 3.22. The van der Waals surface area contributed by atoms with Gasteiger partial charge in [-0.25, -0.2) is 0 Å². The van der Waals surface area contributed by atoms with Gasteiger partial charge in [-0.05, 0) is 49.4 Å². The standard InChI is InChI=1S/C17H21NO2/c1-12-4-3-6-18(10-12)11-14-8-13(2)17-15(9-14)16(19)5-7-20-17/h5,7-9,12H,3-4,6,10-11H2,1-2H3. The lowest BCUT2D eigenvalue weighted by atomic mass is 9.99. The third-order valence-electron chi connectivity index (χ3n) is 4.15. The van der Waals surface area contributed by atoms with Crippen LogP contribution in [0.5, 0.6) is 0 Å². The van der Waals surface area contributed by atoms with Crippen molar-refractivity contribution in [2.24, 2.45) is 5.92 Å². The molecule has 0 saturated carbocycles. The molecule has 1 unspecified atom stereocenters. The number of piperidine rings is 1. The molecule has 3 heteroatoms. The zero-order valence-corrected chi connectivity index (χ0v) is 12.2. The molecule has 1 aliphatic rings. The first-order chi connectivity index (χ1) is 9.63. The molecule has 0 amide bonds. The van der Waals surface area contributed by atoms with Crippen LogP contribution in [0.4, 0.5) is 0 Å². The van der Waals surface area contributed by atoms with Gasteiger partial charge in [0.1, 0.15) is 5.58 Å². The van der Waals surface area contributed by atoms with Gasteiger partial charge in [0, 0.05) is 19.2 Å². The first-order valence-corrected chi connectivity index (χ1v) is 7.37. The van der Waals surface area contributed by atoms with E-state index < -0.39 is 0 Å². The molecular formula is C17H21NO2. The van der Waals surface area contributed by atoms with Crippen LogP contribution in [0.3, 0.4) is 0 Å². The molecule has 1 saturated heterocycles. The smallest absolute Gasteiger partial charge is 0.192 e. The predicted molar refractivity (Wildman–Crippen MR) is 80.9 cm³/mol. The van der Waals surface area contributed by atoms with Gasteiger partial charge in [0.15, 0.2) is 5.43 Å². The van der Waals surface area contributed by atoms with E-state index in [4.69, 9.17) is 4.42 Å². The Morgan fingerprint density at radius 3 is 3.05 bits per heavy atom. The minimum Gasteiger partial charge on any atom is -0.464 e. The lowest BCUT2D eigenvalue weighted by Gasteiger charge is -2.30. The molecule has 2 aromatic rings. The normalized spacial score (nSPS) is 20.4. The van der Waals surface area contributed by atoms with Crippen molar-refractivity contribution in [3.8, 4) is 0 Å².